The van der Waals surface area contributed by atoms with Gasteiger partial charge in [0, 0.05) is 20.6 Å². The molecule has 0 spiro atoms. The minimum absolute atomic E-state index is 0.00423. The lowest BCUT2D eigenvalue weighted by Gasteiger charge is -2.34. The van der Waals surface area contributed by atoms with Crippen LogP contribution in [0.3, 0.4) is 0 Å². The maximum atomic E-state index is 12.3. The van der Waals surface area contributed by atoms with Crippen LogP contribution in [-0.4, -0.2) is 50.2 Å². The van der Waals surface area contributed by atoms with Crippen LogP contribution < -0.4 is 0 Å². The number of nitrogens with zero attached hydrogens (tertiary/aromatic N) is 2. The molecule has 0 aliphatic carbocycles. The van der Waals surface area contributed by atoms with Gasteiger partial charge in [0.05, 0.1) is 17.9 Å². The van der Waals surface area contributed by atoms with Gasteiger partial charge in [0.25, 0.3) is 0 Å². The fraction of sp³-hybridized carbons (Fsp3) is 0.357. The van der Waals surface area contributed by atoms with E-state index in [2.05, 4.69) is 0 Å². The highest BCUT2D eigenvalue weighted by Gasteiger charge is 2.37. The van der Waals surface area contributed by atoms with Crippen LogP contribution in [0.2, 0.25) is 0 Å². The monoisotopic (exact) mass is 310 g/mol. The summed E-state index contributed by atoms with van der Waals surface area (Å²) in [6.07, 6.45) is 0. The van der Waals surface area contributed by atoms with E-state index in [-0.39, 0.29) is 13.2 Å². The topological polar surface area (TPSA) is 66.9 Å². The van der Waals surface area contributed by atoms with Gasteiger partial charge in [-0.25, -0.2) is 4.79 Å². The van der Waals surface area contributed by atoms with Gasteiger partial charge in [0.1, 0.15) is 0 Å². The first-order valence-corrected chi connectivity index (χ1v) is 7.95. The molecule has 0 amide bonds. The number of carbonyl (C=O) groups excluding carboxylic acids is 1. The Labute approximate surface area is 124 Å². The summed E-state index contributed by atoms with van der Waals surface area (Å²) in [6.45, 7) is 1.95. The fourth-order valence-electron chi connectivity index (χ4n) is 2.23. The zero-order chi connectivity index (χ0) is 15.6. The van der Waals surface area contributed by atoms with Crippen molar-refractivity contribution in [3.8, 4) is 0 Å². The van der Waals surface area contributed by atoms with Crippen LogP contribution in [0, 0.1) is 0 Å². The van der Waals surface area contributed by atoms with Crippen LogP contribution in [0.5, 0.6) is 0 Å². The van der Waals surface area contributed by atoms with Crippen LogP contribution >= 0.6 is 0 Å². The lowest BCUT2D eigenvalue weighted by Crippen LogP contribution is -2.45. The molecule has 1 aliphatic heterocycles. The summed E-state index contributed by atoms with van der Waals surface area (Å²) in [6, 6.07) is 8.96. The largest absolute Gasteiger partial charge is 0.463 e. The van der Waals surface area contributed by atoms with Crippen molar-refractivity contribution in [3.63, 3.8) is 0 Å². The molecule has 21 heavy (non-hydrogen) atoms. The zero-order valence-corrected chi connectivity index (χ0v) is 13.1. The molecule has 2 rings (SSSR count). The molecule has 0 aromatic heterocycles. The van der Waals surface area contributed by atoms with Crippen molar-refractivity contribution in [1.82, 2.24) is 8.61 Å². The molecule has 0 N–H and O–H groups in total. The number of esters is 1. The average molecular weight is 310 g/mol. The van der Waals surface area contributed by atoms with E-state index in [1.54, 1.807) is 31.2 Å². The van der Waals surface area contributed by atoms with Crippen LogP contribution in [0.25, 0.3) is 5.70 Å². The first-order valence-electron chi connectivity index (χ1n) is 6.55. The third kappa shape index (κ3) is 2.79. The molecule has 1 aromatic rings. The van der Waals surface area contributed by atoms with Crippen LogP contribution in [-0.2, 0) is 19.7 Å². The predicted octanol–water partition coefficient (Wildman–Crippen LogP) is 1.08. The van der Waals surface area contributed by atoms with Gasteiger partial charge >= 0.3 is 16.2 Å². The van der Waals surface area contributed by atoms with Gasteiger partial charge in [-0.3, -0.25) is 4.31 Å². The molecule has 0 saturated carbocycles. The number of carbonyl (C=O) groups is 1. The fourth-order valence-corrected chi connectivity index (χ4v) is 3.38. The van der Waals surface area contributed by atoms with Gasteiger partial charge in [-0.15, -0.1) is 0 Å². The van der Waals surface area contributed by atoms with E-state index < -0.39 is 16.2 Å². The number of benzene rings is 1. The Kier molecular flexibility index (Phi) is 4.34. The molecule has 0 radical (unpaired) electrons. The maximum absolute atomic E-state index is 12.3. The first-order chi connectivity index (χ1) is 9.89. The van der Waals surface area contributed by atoms with Gasteiger partial charge < -0.3 is 4.74 Å². The third-order valence-corrected chi connectivity index (χ3v) is 5.08. The Bertz CT molecular complexity index is 667. The zero-order valence-electron chi connectivity index (χ0n) is 12.2. The molecular formula is C14H18N2O4S. The van der Waals surface area contributed by atoms with Crippen molar-refractivity contribution in [1.29, 1.82) is 0 Å². The Morgan fingerprint density at radius 1 is 1.24 bits per heavy atom. The lowest BCUT2D eigenvalue weighted by molar-refractivity contribution is -0.138. The number of rotatable bonds is 3. The van der Waals surface area contributed by atoms with Gasteiger partial charge in [-0.2, -0.15) is 12.7 Å². The second kappa shape index (κ2) is 5.87. The number of hydrogen-bond acceptors (Lipinski definition) is 4. The van der Waals surface area contributed by atoms with E-state index >= 15 is 0 Å². The molecule has 0 atom stereocenters. The van der Waals surface area contributed by atoms with E-state index in [1.807, 2.05) is 6.07 Å². The molecule has 0 bridgehead atoms. The summed E-state index contributed by atoms with van der Waals surface area (Å²) < 4.78 is 31.9. The minimum atomic E-state index is -3.62. The lowest BCUT2D eigenvalue weighted by atomic mass is 10.1. The van der Waals surface area contributed by atoms with E-state index in [0.717, 1.165) is 8.61 Å². The molecule has 0 saturated heterocycles. The summed E-state index contributed by atoms with van der Waals surface area (Å²) in [7, 11) is -0.743. The molecule has 1 aliphatic rings. The summed E-state index contributed by atoms with van der Waals surface area (Å²) in [4.78, 5) is 12.2. The maximum Gasteiger partial charge on any atom is 0.337 e. The molecule has 0 fully saturated rings. The molecule has 114 valence electrons. The van der Waals surface area contributed by atoms with Crippen molar-refractivity contribution in [2.45, 2.75) is 6.92 Å². The van der Waals surface area contributed by atoms with Crippen LogP contribution in [0.15, 0.2) is 35.9 Å². The Balaban J connectivity index is 2.63. The second-order valence-corrected chi connectivity index (χ2v) is 6.71. The number of likely N-dealkylation sites (N-methyl/N-ethyl adjacent to an activating group) is 1. The van der Waals surface area contributed by atoms with Crippen LogP contribution in [0.1, 0.15) is 12.5 Å². The van der Waals surface area contributed by atoms with Gasteiger partial charge in [-0.05, 0) is 12.5 Å². The van der Waals surface area contributed by atoms with Crippen molar-refractivity contribution >= 4 is 21.9 Å². The highest BCUT2D eigenvalue weighted by molar-refractivity contribution is 7.87. The van der Waals surface area contributed by atoms with Gasteiger partial charge in [0.2, 0.25) is 0 Å². The predicted molar refractivity (Wildman–Crippen MR) is 79.3 cm³/mol. The molecular weight excluding hydrogens is 292 g/mol. The quantitative estimate of drug-likeness (QED) is 0.784. The van der Waals surface area contributed by atoms with E-state index in [9.17, 15) is 13.2 Å². The summed E-state index contributed by atoms with van der Waals surface area (Å²) in [5.74, 6) is -0.495. The summed E-state index contributed by atoms with van der Waals surface area (Å²) in [5.41, 5.74) is 1.37. The third-order valence-electron chi connectivity index (χ3n) is 3.29. The highest BCUT2D eigenvalue weighted by Crippen LogP contribution is 2.31. The van der Waals surface area contributed by atoms with E-state index in [4.69, 9.17) is 4.74 Å². The SMILES string of the molecule is CCOC(=O)C1=C(c2ccccc2)N(C)S(=O)(=O)N(C)C1. The first kappa shape index (κ1) is 15.5. The minimum Gasteiger partial charge on any atom is -0.463 e. The standard InChI is InChI=1S/C14H18N2O4S/c1-4-20-14(17)12-10-15(2)21(18,19)16(3)13(12)11-8-6-5-7-9-11/h5-9H,4,10H2,1-3H3. The molecule has 1 heterocycles. The molecule has 0 unspecified atom stereocenters. The van der Waals surface area contributed by atoms with Crippen molar-refractivity contribution in [2.75, 3.05) is 27.2 Å². The highest BCUT2D eigenvalue weighted by atomic mass is 32.2. The van der Waals surface area contributed by atoms with Gasteiger partial charge in [-0.1, -0.05) is 30.3 Å². The average Bonchev–Trinajstić information content (AvgIpc) is 2.46. The smallest absolute Gasteiger partial charge is 0.337 e. The Morgan fingerprint density at radius 2 is 1.86 bits per heavy atom. The summed E-state index contributed by atoms with van der Waals surface area (Å²) in [5, 5.41) is 0. The molecule has 6 nitrogen and oxygen atoms in total. The molecule has 7 heteroatoms. The summed E-state index contributed by atoms with van der Waals surface area (Å²) >= 11 is 0. The van der Waals surface area contributed by atoms with Gasteiger partial charge in [0.15, 0.2) is 0 Å². The number of ether oxygens (including phenoxy) is 1. The van der Waals surface area contributed by atoms with E-state index in [1.165, 1.54) is 14.1 Å². The van der Waals surface area contributed by atoms with Crippen molar-refractivity contribution < 1.29 is 17.9 Å². The normalized spacial score (nSPS) is 18.7. The van der Waals surface area contributed by atoms with Crippen molar-refractivity contribution in [2.24, 2.45) is 0 Å². The van der Waals surface area contributed by atoms with Crippen molar-refractivity contribution in [3.05, 3.63) is 41.5 Å². The van der Waals surface area contributed by atoms with Crippen LogP contribution in [0.4, 0.5) is 0 Å². The number of hydrogen-bond donors (Lipinski definition) is 0. The second-order valence-electron chi connectivity index (χ2n) is 4.64. The Morgan fingerprint density at radius 3 is 2.43 bits per heavy atom. The van der Waals surface area contributed by atoms with E-state index in [0.29, 0.717) is 16.8 Å². The molecule has 1 aromatic carbocycles. The Hall–Kier alpha value is -1.86.